The van der Waals surface area contributed by atoms with Crippen molar-refractivity contribution in [2.45, 2.75) is 58.7 Å². The highest BCUT2D eigenvalue weighted by Gasteiger charge is 2.37. The molecular weight excluding hydrogens is 392 g/mol. The summed E-state index contributed by atoms with van der Waals surface area (Å²) in [6, 6.07) is 6.10. The van der Waals surface area contributed by atoms with Crippen LogP contribution in [0.2, 0.25) is 0 Å². The van der Waals surface area contributed by atoms with E-state index in [0.717, 1.165) is 36.3 Å². The summed E-state index contributed by atoms with van der Waals surface area (Å²) in [6.07, 6.45) is 4.72. The van der Waals surface area contributed by atoms with Crippen LogP contribution in [0.4, 0.5) is 0 Å². The monoisotopic (exact) mass is 422 g/mol. The maximum Gasteiger partial charge on any atom is 0.258 e. The molecule has 0 saturated heterocycles. The fourth-order valence-electron chi connectivity index (χ4n) is 3.85. The molecule has 31 heavy (non-hydrogen) atoms. The van der Waals surface area contributed by atoms with Crippen molar-refractivity contribution in [1.29, 1.82) is 0 Å². The number of nitrogens with zero attached hydrogens (tertiary/aromatic N) is 3. The summed E-state index contributed by atoms with van der Waals surface area (Å²) >= 11 is 0. The van der Waals surface area contributed by atoms with Gasteiger partial charge in [-0.05, 0) is 44.7 Å². The standard InChI is InChI=1S/C24H30N4O3/c1-6-16-7-8-19(30-5)17(11-16)13-28(4)23(29)20-15(2)31-22-21(20)18(25-14-26-22)12-27-24(3)9-10-24/h7-8,11,14,27H,6,9-10,12-13H2,1-5H3. The van der Waals surface area contributed by atoms with Crippen LogP contribution in [0.1, 0.15) is 59.6 Å². The predicted octanol–water partition coefficient (Wildman–Crippen LogP) is 4.02. The van der Waals surface area contributed by atoms with Gasteiger partial charge in [0.2, 0.25) is 5.71 Å². The van der Waals surface area contributed by atoms with Gasteiger partial charge in [0.1, 0.15) is 17.8 Å². The maximum atomic E-state index is 13.5. The molecule has 4 rings (SSSR count). The molecule has 7 nitrogen and oxygen atoms in total. The number of hydrogen-bond donors (Lipinski definition) is 1. The summed E-state index contributed by atoms with van der Waals surface area (Å²) in [5, 5.41) is 4.24. The van der Waals surface area contributed by atoms with E-state index in [9.17, 15) is 4.79 Å². The number of nitrogens with one attached hydrogen (secondary N) is 1. The van der Waals surface area contributed by atoms with Gasteiger partial charge in [0.25, 0.3) is 5.91 Å². The smallest absolute Gasteiger partial charge is 0.258 e. The van der Waals surface area contributed by atoms with E-state index in [2.05, 4.69) is 41.3 Å². The second-order valence-electron chi connectivity index (χ2n) is 8.61. The summed E-state index contributed by atoms with van der Waals surface area (Å²) in [5.41, 5.74) is 4.11. The third-order valence-corrected chi connectivity index (χ3v) is 6.15. The van der Waals surface area contributed by atoms with Gasteiger partial charge in [-0.3, -0.25) is 4.79 Å². The highest BCUT2D eigenvalue weighted by molar-refractivity contribution is 6.07. The van der Waals surface area contributed by atoms with Gasteiger partial charge in [-0.25, -0.2) is 9.97 Å². The molecule has 0 bridgehead atoms. The SMILES string of the molecule is CCc1ccc(OC)c(CN(C)C(=O)c2c(C)oc3ncnc(CNC4(C)CC4)c23)c1. The molecule has 2 aromatic heterocycles. The Kier molecular flexibility index (Phi) is 5.71. The Morgan fingerprint density at radius 3 is 2.77 bits per heavy atom. The fourth-order valence-corrected chi connectivity index (χ4v) is 3.85. The van der Waals surface area contributed by atoms with Gasteiger partial charge in [0, 0.05) is 31.2 Å². The fraction of sp³-hybridized carbons (Fsp3) is 0.458. The topological polar surface area (TPSA) is 80.5 Å². The van der Waals surface area contributed by atoms with Crippen molar-refractivity contribution >= 4 is 17.0 Å². The first-order valence-electron chi connectivity index (χ1n) is 10.7. The van der Waals surface area contributed by atoms with Crippen LogP contribution in [0.25, 0.3) is 11.1 Å². The summed E-state index contributed by atoms with van der Waals surface area (Å²) in [6.45, 7) is 7.12. The Morgan fingerprint density at radius 1 is 1.32 bits per heavy atom. The van der Waals surface area contributed by atoms with Crippen LogP contribution in [0.15, 0.2) is 28.9 Å². The number of amides is 1. The number of rotatable bonds is 8. The van der Waals surface area contributed by atoms with Gasteiger partial charge in [-0.15, -0.1) is 0 Å². The number of aromatic nitrogens is 2. The van der Waals surface area contributed by atoms with Crippen molar-refractivity contribution in [3.05, 3.63) is 52.7 Å². The zero-order valence-corrected chi connectivity index (χ0v) is 18.9. The zero-order chi connectivity index (χ0) is 22.2. The number of furan rings is 1. The number of carbonyl (C=O) groups is 1. The number of methoxy groups -OCH3 is 1. The lowest BCUT2D eigenvalue weighted by atomic mass is 10.1. The van der Waals surface area contributed by atoms with Gasteiger partial charge < -0.3 is 19.4 Å². The molecule has 1 aliphatic rings. The van der Waals surface area contributed by atoms with E-state index < -0.39 is 0 Å². The van der Waals surface area contributed by atoms with Crippen LogP contribution in [0.3, 0.4) is 0 Å². The first-order valence-corrected chi connectivity index (χ1v) is 10.7. The van der Waals surface area contributed by atoms with E-state index in [1.165, 1.54) is 11.9 Å². The molecule has 1 N–H and O–H groups in total. The van der Waals surface area contributed by atoms with Crippen LogP contribution in [-0.4, -0.2) is 40.5 Å². The minimum absolute atomic E-state index is 0.117. The number of ether oxygens (including phenoxy) is 1. The zero-order valence-electron chi connectivity index (χ0n) is 18.9. The van der Waals surface area contributed by atoms with E-state index in [1.54, 1.807) is 26.0 Å². The average Bonchev–Trinajstić information content (AvgIpc) is 3.40. The van der Waals surface area contributed by atoms with Crippen LogP contribution >= 0.6 is 0 Å². The van der Waals surface area contributed by atoms with Crippen molar-refractivity contribution in [2.75, 3.05) is 14.2 Å². The Hall–Kier alpha value is -2.93. The maximum absolute atomic E-state index is 13.5. The number of hydrogen-bond acceptors (Lipinski definition) is 6. The van der Waals surface area contributed by atoms with Gasteiger partial charge in [0.15, 0.2) is 0 Å². The molecule has 1 aromatic carbocycles. The van der Waals surface area contributed by atoms with E-state index in [0.29, 0.717) is 35.5 Å². The highest BCUT2D eigenvalue weighted by atomic mass is 16.5. The van der Waals surface area contributed by atoms with Crippen LogP contribution in [0.5, 0.6) is 5.75 Å². The Balaban J connectivity index is 1.65. The van der Waals surface area contributed by atoms with Crippen molar-refractivity contribution in [2.24, 2.45) is 0 Å². The molecule has 1 saturated carbocycles. The van der Waals surface area contributed by atoms with Gasteiger partial charge in [0.05, 0.1) is 23.8 Å². The molecule has 0 atom stereocenters. The molecule has 1 fully saturated rings. The first-order chi connectivity index (χ1) is 14.8. The molecule has 1 aliphatic carbocycles. The normalized spacial score (nSPS) is 14.6. The van der Waals surface area contributed by atoms with Gasteiger partial charge >= 0.3 is 0 Å². The molecule has 0 aliphatic heterocycles. The van der Waals surface area contributed by atoms with Crippen molar-refractivity contribution in [3.63, 3.8) is 0 Å². The van der Waals surface area contributed by atoms with Crippen LogP contribution in [0, 0.1) is 6.92 Å². The summed E-state index contributed by atoms with van der Waals surface area (Å²) in [4.78, 5) is 23.9. The first kappa shape index (κ1) is 21.3. The lowest BCUT2D eigenvalue weighted by Gasteiger charge is -2.20. The van der Waals surface area contributed by atoms with Gasteiger partial charge in [-0.2, -0.15) is 0 Å². The van der Waals surface area contributed by atoms with E-state index >= 15 is 0 Å². The molecule has 1 amide bonds. The highest BCUT2D eigenvalue weighted by Crippen LogP contribution is 2.35. The Bertz CT molecular complexity index is 1120. The molecule has 164 valence electrons. The molecule has 0 radical (unpaired) electrons. The van der Waals surface area contributed by atoms with Crippen LogP contribution < -0.4 is 10.1 Å². The van der Waals surface area contributed by atoms with Crippen molar-refractivity contribution < 1.29 is 13.9 Å². The Labute approximate surface area is 182 Å². The van der Waals surface area contributed by atoms with E-state index in [1.807, 2.05) is 6.07 Å². The average molecular weight is 423 g/mol. The minimum atomic E-state index is -0.117. The third kappa shape index (κ3) is 4.28. The number of carbonyl (C=O) groups excluding carboxylic acids is 1. The number of benzene rings is 1. The molecular formula is C24H30N4O3. The molecule has 3 aromatic rings. The minimum Gasteiger partial charge on any atom is -0.496 e. The Morgan fingerprint density at radius 2 is 2.10 bits per heavy atom. The predicted molar refractivity (Wildman–Crippen MR) is 119 cm³/mol. The van der Waals surface area contributed by atoms with Gasteiger partial charge in [-0.1, -0.05) is 19.1 Å². The second-order valence-corrected chi connectivity index (χ2v) is 8.61. The lowest BCUT2D eigenvalue weighted by molar-refractivity contribution is 0.0784. The second kappa shape index (κ2) is 8.30. The summed E-state index contributed by atoms with van der Waals surface area (Å²) in [7, 11) is 3.45. The quantitative estimate of drug-likeness (QED) is 0.591. The lowest BCUT2D eigenvalue weighted by Crippen LogP contribution is -2.29. The third-order valence-electron chi connectivity index (χ3n) is 6.15. The molecule has 0 spiro atoms. The van der Waals surface area contributed by atoms with E-state index in [4.69, 9.17) is 9.15 Å². The molecule has 2 heterocycles. The van der Waals surface area contributed by atoms with Crippen molar-refractivity contribution in [1.82, 2.24) is 20.2 Å². The molecule has 7 heteroatoms. The summed E-state index contributed by atoms with van der Waals surface area (Å²) in [5.74, 6) is 1.21. The largest absolute Gasteiger partial charge is 0.496 e. The number of fused-ring (bicyclic) bond motifs is 1. The molecule has 0 unspecified atom stereocenters. The van der Waals surface area contributed by atoms with E-state index in [-0.39, 0.29) is 11.4 Å². The summed E-state index contributed by atoms with van der Waals surface area (Å²) < 4.78 is 11.4. The number of aryl methyl sites for hydroxylation is 2. The van der Waals surface area contributed by atoms with Crippen LogP contribution in [-0.2, 0) is 19.5 Å². The van der Waals surface area contributed by atoms with Crippen molar-refractivity contribution in [3.8, 4) is 5.75 Å².